The number of alkyl carbamates (subject to hydrolysis) is 2. The third-order valence-electron chi connectivity index (χ3n) is 13.1. The number of methoxy groups -OCH3 is 2. The molecule has 4 amide bonds. The molecule has 0 bridgehead atoms. The number of fused-ring (bicyclic) bond motifs is 1. The van der Waals surface area contributed by atoms with E-state index < -0.39 is 24.3 Å². The third-order valence-corrected chi connectivity index (χ3v) is 13.1. The van der Waals surface area contributed by atoms with E-state index in [1.807, 2.05) is 49.8 Å². The number of likely N-dealkylation sites (tertiary alicyclic amines) is 2. The summed E-state index contributed by atoms with van der Waals surface area (Å²) in [6, 6.07) is 19.6. The molecule has 3 saturated heterocycles. The van der Waals surface area contributed by atoms with Gasteiger partial charge in [-0.3, -0.25) is 9.59 Å². The van der Waals surface area contributed by atoms with Crippen molar-refractivity contribution in [3.63, 3.8) is 0 Å². The van der Waals surface area contributed by atoms with Crippen LogP contribution in [0.25, 0.3) is 44.5 Å². The number of aromatic nitrogens is 4. The normalized spacial score (nSPS) is 18.7. The molecule has 3 fully saturated rings. The van der Waals surface area contributed by atoms with Crippen LogP contribution in [0.15, 0.2) is 66.9 Å². The molecule has 8 rings (SSSR count). The second-order valence-corrected chi connectivity index (χ2v) is 18.0. The Balaban J connectivity index is 1.11. The second-order valence-electron chi connectivity index (χ2n) is 18.0. The highest BCUT2D eigenvalue weighted by molar-refractivity contribution is 5.91. The maximum absolute atomic E-state index is 13.9. The zero-order valence-corrected chi connectivity index (χ0v) is 37.8. The number of ether oxygens (including phenoxy) is 2. The van der Waals surface area contributed by atoms with Gasteiger partial charge in [-0.05, 0) is 109 Å². The molecule has 4 N–H and O–H groups in total. The molecule has 0 aliphatic carbocycles. The number of nitrogens with zero attached hydrogens (tertiary/aromatic N) is 5. The quantitative estimate of drug-likeness (QED) is 0.0959. The topological polar surface area (TPSA) is 178 Å². The molecule has 338 valence electrons. The van der Waals surface area contributed by atoms with Gasteiger partial charge in [-0.2, -0.15) is 0 Å². The lowest BCUT2D eigenvalue weighted by Gasteiger charge is -2.30. The van der Waals surface area contributed by atoms with E-state index in [4.69, 9.17) is 19.4 Å². The summed E-state index contributed by atoms with van der Waals surface area (Å²) in [5, 5.41) is 5.46. The Bertz CT molecular complexity index is 2470. The number of hydrogen-bond acceptors (Lipinski definition) is 9. The van der Waals surface area contributed by atoms with E-state index in [1.165, 1.54) is 39.2 Å². The summed E-state index contributed by atoms with van der Waals surface area (Å²) in [6.07, 6.45) is 7.43. The van der Waals surface area contributed by atoms with E-state index in [0.29, 0.717) is 18.9 Å². The number of nitrogens with one attached hydrogen (secondary N) is 4. The highest BCUT2D eigenvalue weighted by Gasteiger charge is 2.39. The molecule has 3 aliphatic heterocycles. The lowest BCUT2D eigenvalue weighted by Crippen LogP contribution is -2.51. The fourth-order valence-electron chi connectivity index (χ4n) is 9.60. The summed E-state index contributed by atoms with van der Waals surface area (Å²) < 4.78 is 9.65. The fraction of sp³-hybridized carbons (Fsp3) is 0.469. The summed E-state index contributed by atoms with van der Waals surface area (Å²) in [6.45, 7) is 10.9. The third kappa shape index (κ3) is 9.16. The Morgan fingerprint density at radius 2 is 1.22 bits per heavy atom. The van der Waals surface area contributed by atoms with Crippen LogP contribution in [-0.4, -0.2) is 106 Å². The van der Waals surface area contributed by atoms with Crippen molar-refractivity contribution in [2.24, 2.45) is 11.8 Å². The number of hydrogen-bond donors (Lipinski definition) is 4. The predicted octanol–water partition coefficient (Wildman–Crippen LogP) is 8.37. The van der Waals surface area contributed by atoms with Crippen molar-refractivity contribution in [1.82, 2.24) is 40.4 Å². The van der Waals surface area contributed by atoms with Gasteiger partial charge in [-0.15, -0.1) is 0 Å². The molecule has 64 heavy (non-hydrogen) atoms. The molecular formula is C49H61N9O6. The molecule has 5 heterocycles. The molecule has 4 atom stereocenters. The van der Waals surface area contributed by atoms with Crippen LogP contribution >= 0.6 is 0 Å². The van der Waals surface area contributed by atoms with Crippen LogP contribution in [0.2, 0.25) is 0 Å². The molecular weight excluding hydrogens is 811 g/mol. The predicted molar refractivity (Wildman–Crippen MR) is 246 cm³/mol. The summed E-state index contributed by atoms with van der Waals surface area (Å²) in [5.41, 5.74) is 8.88. The Kier molecular flexibility index (Phi) is 13.2. The maximum Gasteiger partial charge on any atom is 0.407 e. The minimum atomic E-state index is -0.715. The molecule has 0 spiro atoms. The van der Waals surface area contributed by atoms with Crippen LogP contribution in [0, 0.1) is 11.8 Å². The number of benzene rings is 3. The molecule has 4 unspecified atom stereocenters. The van der Waals surface area contributed by atoms with Gasteiger partial charge >= 0.3 is 12.2 Å². The van der Waals surface area contributed by atoms with E-state index in [1.54, 1.807) is 0 Å². The standard InChI is InChI=1S/C49H61N9O6/c1-29(2)42(54-48(61)63-5)46(59)57-24-10-12-40(57)44-50-28-39(53-44)33-16-20-35(36(26-33)31-14-18-34(19-15-31)56-22-8-7-9-23-56)32-17-21-37-38(27-32)52-45(51-37)41-13-11-25-58(41)47(60)43(30(3)4)55-49(62)64-6/h14-21,26-30,40-43H,7-13,22-25H2,1-6H3,(H,50,53)(H,51,52)(H,54,61)(H,55,62). The largest absolute Gasteiger partial charge is 0.453 e. The molecule has 3 aliphatic rings. The first kappa shape index (κ1) is 44.2. The first-order valence-electron chi connectivity index (χ1n) is 22.8. The number of rotatable bonds is 12. The Hall–Kier alpha value is -6.38. The van der Waals surface area contributed by atoms with Gasteiger partial charge in [0.1, 0.15) is 23.7 Å². The molecule has 3 aromatic carbocycles. The van der Waals surface area contributed by atoms with Gasteiger partial charge in [-0.25, -0.2) is 19.6 Å². The molecule has 15 heteroatoms. The van der Waals surface area contributed by atoms with Gasteiger partial charge in [0.2, 0.25) is 11.8 Å². The monoisotopic (exact) mass is 871 g/mol. The number of H-pyrrole nitrogens is 2. The highest BCUT2D eigenvalue weighted by atomic mass is 16.5. The van der Waals surface area contributed by atoms with E-state index in [2.05, 4.69) is 80.1 Å². The number of carbonyl (C=O) groups excluding carboxylic acids is 4. The minimum Gasteiger partial charge on any atom is -0.453 e. The summed E-state index contributed by atoms with van der Waals surface area (Å²) >= 11 is 0. The highest BCUT2D eigenvalue weighted by Crippen LogP contribution is 2.40. The molecule has 15 nitrogen and oxygen atoms in total. The van der Waals surface area contributed by atoms with Crippen molar-refractivity contribution >= 4 is 40.7 Å². The van der Waals surface area contributed by atoms with Crippen LogP contribution in [0.5, 0.6) is 0 Å². The van der Waals surface area contributed by atoms with Crippen molar-refractivity contribution in [2.45, 2.75) is 96.8 Å². The lowest BCUT2D eigenvalue weighted by molar-refractivity contribution is -0.136. The Morgan fingerprint density at radius 1 is 0.641 bits per heavy atom. The minimum absolute atomic E-state index is 0.128. The maximum atomic E-state index is 13.9. The van der Waals surface area contributed by atoms with Crippen molar-refractivity contribution in [3.05, 3.63) is 78.5 Å². The van der Waals surface area contributed by atoms with E-state index >= 15 is 0 Å². The summed E-state index contributed by atoms with van der Waals surface area (Å²) in [7, 11) is 2.59. The van der Waals surface area contributed by atoms with Crippen molar-refractivity contribution in [1.29, 1.82) is 0 Å². The molecule has 0 saturated carbocycles. The average Bonchev–Trinajstić information content (AvgIpc) is 4.16. The number of piperidine rings is 1. The molecule has 5 aromatic rings. The number of carbonyl (C=O) groups is 4. The lowest BCUT2D eigenvalue weighted by atomic mass is 9.92. The van der Waals surface area contributed by atoms with E-state index in [9.17, 15) is 19.2 Å². The summed E-state index contributed by atoms with van der Waals surface area (Å²) in [4.78, 5) is 75.1. The van der Waals surface area contributed by atoms with Crippen LogP contribution < -0.4 is 15.5 Å². The van der Waals surface area contributed by atoms with Gasteiger partial charge in [0.25, 0.3) is 0 Å². The van der Waals surface area contributed by atoms with Crippen molar-refractivity contribution < 1.29 is 28.7 Å². The van der Waals surface area contributed by atoms with Gasteiger partial charge in [0.05, 0.1) is 49.2 Å². The molecule has 0 radical (unpaired) electrons. The van der Waals surface area contributed by atoms with Crippen molar-refractivity contribution in [3.8, 4) is 33.5 Å². The molecule has 2 aromatic heterocycles. The van der Waals surface area contributed by atoms with Gasteiger partial charge in [0.15, 0.2) is 0 Å². The first-order chi connectivity index (χ1) is 30.9. The number of aromatic amines is 2. The van der Waals surface area contributed by atoms with Gasteiger partial charge in [-0.1, -0.05) is 58.0 Å². The van der Waals surface area contributed by atoms with E-state index in [0.717, 1.165) is 89.1 Å². The van der Waals surface area contributed by atoms with Gasteiger partial charge < -0.3 is 44.8 Å². The number of imidazole rings is 2. The zero-order valence-electron chi connectivity index (χ0n) is 37.8. The fourth-order valence-corrected chi connectivity index (χ4v) is 9.60. The van der Waals surface area contributed by atoms with Gasteiger partial charge in [0, 0.05) is 37.4 Å². The Morgan fingerprint density at radius 3 is 1.81 bits per heavy atom. The number of anilines is 1. The number of amides is 4. The van der Waals surface area contributed by atoms with Crippen LogP contribution in [0.1, 0.15) is 96.4 Å². The van der Waals surface area contributed by atoms with Crippen LogP contribution in [0.3, 0.4) is 0 Å². The Labute approximate surface area is 374 Å². The van der Waals surface area contributed by atoms with Crippen LogP contribution in [0.4, 0.5) is 15.3 Å². The summed E-state index contributed by atoms with van der Waals surface area (Å²) in [5.74, 6) is 0.878. The van der Waals surface area contributed by atoms with Crippen molar-refractivity contribution in [2.75, 3.05) is 45.3 Å². The first-order valence-corrected chi connectivity index (χ1v) is 22.8. The average molecular weight is 872 g/mol. The SMILES string of the molecule is COC(=O)NC(C(=O)N1CCCC1c1ncc(-c2ccc(-c3ccc4nc(C5CCCN5C(=O)C(NC(=O)OC)C(C)C)[nH]c4c3)c(-c3ccc(N4CCCCC4)cc3)c2)[nH]1)C(C)C. The second kappa shape index (κ2) is 19.2. The van der Waals surface area contributed by atoms with Crippen LogP contribution in [-0.2, 0) is 19.1 Å². The van der Waals surface area contributed by atoms with E-state index in [-0.39, 0.29) is 35.7 Å². The smallest absolute Gasteiger partial charge is 0.407 e. The zero-order chi connectivity index (χ0) is 45.1.